The second kappa shape index (κ2) is 11.3. The highest BCUT2D eigenvalue weighted by molar-refractivity contribution is 5.97. The van der Waals surface area contributed by atoms with Crippen LogP contribution in [-0.4, -0.2) is 54.2 Å². The first-order chi connectivity index (χ1) is 15.4. The Labute approximate surface area is 188 Å². The van der Waals surface area contributed by atoms with Gasteiger partial charge in [0.05, 0.1) is 18.8 Å². The Kier molecular flexibility index (Phi) is 8.50. The lowest BCUT2D eigenvalue weighted by Gasteiger charge is -2.32. The highest BCUT2D eigenvalue weighted by Crippen LogP contribution is 2.31. The predicted molar refractivity (Wildman–Crippen MR) is 117 cm³/mol. The standard InChI is InChI=1S/C25H30O7/c1-4-9-18-13-14-19(27)22(31-18)25(30-16(3)26)24-21(28)23(20(32-24)10-5-2)29-15-17-11-7-6-8-12-17/h4,6-8,11-14,18,20,22-25H,1,5,9-10,15H2,2-3H3/t18?,20-,22+,23+,24-,25-/m1/s1. The van der Waals surface area contributed by atoms with E-state index in [2.05, 4.69) is 6.58 Å². The molecule has 1 aromatic rings. The molecule has 3 rings (SSSR count). The number of hydrogen-bond donors (Lipinski definition) is 0. The quantitative estimate of drug-likeness (QED) is 0.406. The first-order valence-corrected chi connectivity index (χ1v) is 10.9. The number of rotatable bonds is 10. The fraction of sp³-hybridized carbons (Fsp3) is 0.480. The molecule has 0 N–H and O–H groups in total. The average molecular weight is 443 g/mol. The van der Waals surface area contributed by atoms with Crippen molar-refractivity contribution in [1.82, 2.24) is 0 Å². The summed E-state index contributed by atoms with van der Waals surface area (Å²) in [5.41, 5.74) is 0.929. The largest absolute Gasteiger partial charge is 0.456 e. The molecule has 0 amide bonds. The van der Waals surface area contributed by atoms with Gasteiger partial charge in [-0.25, -0.2) is 0 Å². The van der Waals surface area contributed by atoms with Crippen LogP contribution >= 0.6 is 0 Å². The fourth-order valence-electron chi connectivity index (χ4n) is 3.97. The Bertz CT molecular complexity index is 847. The molecule has 1 aromatic carbocycles. The summed E-state index contributed by atoms with van der Waals surface area (Å²) in [6.07, 6.45) is 1.32. The van der Waals surface area contributed by atoms with Crippen molar-refractivity contribution in [2.45, 2.75) is 76.3 Å². The topological polar surface area (TPSA) is 88.1 Å². The third-order valence-corrected chi connectivity index (χ3v) is 5.44. The molecule has 7 nitrogen and oxygen atoms in total. The van der Waals surface area contributed by atoms with Crippen molar-refractivity contribution >= 4 is 17.5 Å². The van der Waals surface area contributed by atoms with Crippen molar-refractivity contribution in [3.05, 3.63) is 60.7 Å². The molecule has 0 spiro atoms. The Hall–Kier alpha value is -2.61. The molecular weight excluding hydrogens is 412 g/mol. The molecule has 0 bridgehead atoms. The van der Waals surface area contributed by atoms with Crippen molar-refractivity contribution in [2.75, 3.05) is 0 Å². The SMILES string of the molecule is C=CCC1C=CC(=O)[C@@H]([C@@H](OC(C)=O)[C@@H]2O[C@H](CCC)[C@H](OCc3ccccc3)C2=O)O1. The zero-order chi connectivity index (χ0) is 23.1. The lowest BCUT2D eigenvalue weighted by atomic mass is 9.96. The minimum atomic E-state index is -1.20. The predicted octanol–water partition coefficient (Wildman–Crippen LogP) is 3.11. The number of ketones is 2. The van der Waals surface area contributed by atoms with E-state index < -0.39 is 42.6 Å². The Morgan fingerprint density at radius 2 is 1.94 bits per heavy atom. The van der Waals surface area contributed by atoms with E-state index in [1.165, 1.54) is 13.0 Å². The number of Topliss-reactive ketones (excluding diaryl/α,β-unsaturated/α-hetero) is 1. The number of carbonyl (C=O) groups is 3. The zero-order valence-electron chi connectivity index (χ0n) is 18.5. The van der Waals surface area contributed by atoms with Crippen LogP contribution in [0.4, 0.5) is 0 Å². The minimum Gasteiger partial charge on any atom is -0.456 e. The van der Waals surface area contributed by atoms with E-state index in [4.69, 9.17) is 18.9 Å². The summed E-state index contributed by atoms with van der Waals surface area (Å²) >= 11 is 0. The number of benzene rings is 1. The van der Waals surface area contributed by atoms with Gasteiger partial charge < -0.3 is 18.9 Å². The van der Waals surface area contributed by atoms with Gasteiger partial charge in [0.25, 0.3) is 0 Å². The summed E-state index contributed by atoms with van der Waals surface area (Å²) in [6, 6.07) is 9.52. The minimum absolute atomic E-state index is 0.245. The monoisotopic (exact) mass is 442 g/mol. The van der Waals surface area contributed by atoms with E-state index in [0.717, 1.165) is 12.0 Å². The third-order valence-electron chi connectivity index (χ3n) is 5.44. The first kappa shape index (κ1) is 24.0. The van der Waals surface area contributed by atoms with E-state index in [-0.39, 0.29) is 18.2 Å². The molecule has 0 aromatic heterocycles. The summed E-state index contributed by atoms with van der Waals surface area (Å²) < 4.78 is 23.3. The van der Waals surface area contributed by atoms with Crippen LogP contribution in [-0.2, 0) is 39.9 Å². The maximum absolute atomic E-state index is 13.3. The number of ether oxygens (including phenoxy) is 4. The van der Waals surface area contributed by atoms with Gasteiger partial charge in [0.15, 0.2) is 29.9 Å². The maximum atomic E-state index is 13.3. The molecule has 6 atom stereocenters. The zero-order valence-corrected chi connectivity index (χ0v) is 18.5. The van der Waals surface area contributed by atoms with Crippen molar-refractivity contribution in [2.24, 2.45) is 0 Å². The molecule has 0 radical (unpaired) electrons. The van der Waals surface area contributed by atoms with E-state index in [0.29, 0.717) is 12.8 Å². The van der Waals surface area contributed by atoms with Gasteiger partial charge in [-0.05, 0) is 24.5 Å². The first-order valence-electron chi connectivity index (χ1n) is 10.9. The Balaban J connectivity index is 1.81. The molecule has 1 fully saturated rings. The van der Waals surface area contributed by atoms with E-state index in [9.17, 15) is 14.4 Å². The van der Waals surface area contributed by atoms with E-state index >= 15 is 0 Å². The van der Waals surface area contributed by atoms with Gasteiger partial charge in [-0.15, -0.1) is 6.58 Å². The molecule has 32 heavy (non-hydrogen) atoms. The van der Waals surface area contributed by atoms with Crippen LogP contribution in [0.2, 0.25) is 0 Å². The second-order valence-electron chi connectivity index (χ2n) is 7.96. The lowest BCUT2D eigenvalue weighted by Crippen LogP contribution is -2.51. The van der Waals surface area contributed by atoms with Gasteiger partial charge in [0.1, 0.15) is 6.10 Å². The summed E-state index contributed by atoms with van der Waals surface area (Å²) in [5, 5.41) is 0. The molecule has 1 unspecified atom stereocenters. The van der Waals surface area contributed by atoms with Crippen LogP contribution in [0.25, 0.3) is 0 Å². The van der Waals surface area contributed by atoms with Crippen LogP contribution in [0.3, 0.4) is 0 Å². The third kappa shape index (κ3) is 5.79. The van der Waals surface area contributed by atoms with E-state index in [1.807, 2.05) is 37.3 Å². The number of esters is 1. The van der Waals surface area contributed by atoms with Crippen LogP contribution in [0.15, 0.2) is 55.1 Å². The number of hydrogen-bond acceptors (Lipinski definition) is 7. The highest BCUT2D eigenvalue weighted by atomic mass is 16.6. The van der Waals surface area contributed by atoms with Gasteiger partial charge in [-0.1, -0.05) is 55.8 Å². The summed E-state index contributed by atoms with van der Waals surface area (Å²) in [4.78, 5) is 37.8. The summed E-state index contributed by atoms with van der Waals surface area (Å²) in [5.74, 6) is -1.36. The summed E-state index contributed by atoms with van der Waals surface area (Å²) in [7, 11) is 0. The van der Waals surface area contributed by atoms with E-state index in [1.54, 1.807) is 12.2 Å². The molecular formula is C25H30O7. The average Bonchev–Trinajstić information content (AvgIpc) is 3.08. The Morgan fingerprint density at radius 1 is 1.19 bits per heavy atom. The van der Waals surface area contributed by atoms with Gasteiger partial charge in [0.2, 0.25) is 0 Å². The molecule has 0 aliphatic carbocycles. The lowest BCUT2D eigenvalue weighted by molar-refractivity contribution is -0.177. The summed E-state index contributed by atoms with van der Waals surface area (Å²) in [6.45, 7) is 7.14. The second-order valence-corrected chi connectivity index (χ2v) is 7.96. The maximum Gasteiger partial charge on any atom is 0.303 e. The van der Waals surface area contributed by atoms with Crippen LogP contribution in [0.5, 0.6) is 0 Å². The number of carbonyl (C=O) groups excluding carboxylic acids is 3. The van der Waals surface area contributed by atoms with Crippen molar-refractivity contribution in [1.29, 1.82) is 0 Å². The molecule has 2 aliphatic rings. The molecule has 172 valence electrons. The van der Waals surface area contributed by atoms with Gasteiger partial charge in [-0.2, -0.15) is 0 Å². The van der Waals surface area contributed by atoms with Crippen LogP contribution in [0, 0.1) is 0 Å². The van der Waals surface area contributed by atoms with Crippen molar-refractivity contribution in [3.63, 3.8) is 0 Å². The molecule has 0 saturated carbocycles. The molecule has 2 aliphatic heterocycles. The highest BCUT2D eigenvalue weighted by Gasteiger charge is 2.52. The Morgan fingerprint density at radius 3 is 2.59 bits per heavy atom. The fourth-order valence-corrected chi connectivity index (χ4v) is 3.97. The van der Waals surface area contributed by atoms with Gasteiger partial charge >= 0.3 is 5.97 Å². The molecule has 1 saturated heterocycles. The molecule has 7 heteroatoms. The van der Waals surface area contributed by atoms with Gasteiger partial charge in [-0.3, -0.25) is 14.4 Å². The smallest absolute Gasteiger partial charge is 0.303 e. The normalized spacial score (nSPS) is 28.5. The van der Waals surface area contributed by atoms with Crippen molar-refractivity contribution in [3.8, 4) is 0 Å². The van der Waals surface area contributed by atoms with Crippen LogP contribution in [0.1, 0.15) is 38.7 Å². The molecule has 2 heterocycles. The van der Waals surface area contributed by atoms with Crippen LogP contribution < -0.4 is 0 Å². The van der Waals surface area contributed by atoms with Gasteiger partial charge in [0, 0.05) is 6.92 Å². The van der Waals surface area contributed by atoms with Crippen molar-refractivity contribution < 1.29 is 33.3 Å².